The maximum atomic E-state index is 12.4. The quantitative estimate of drug-likeness (QED) is 0.718. The van der Waals surface area contributed by atoms with E-state index in [0.717, 1.165) is 29.7 Å². The Morgan fingerprint density at radius 1 is 0.889 bits per heavy atom. The average molecular weight is 371 g/mol. The number of nitrogens with one attached hydrogen (secondary N) is 1. The Bertz CT molecular complexity index is 772. The zero-order chi connectivity index (χ0) is 19.8. The fourth-order valence-corrected chi connectivity index (χ4v) is 2.83. The number of benzene rings is 2. The molecule has 1 N–H and O–H groups in total. The third-order valence-electron chi connectivity index (χ3n) is 4.23. The van der Waals surface area contributed by atoms with Crippen LogP contribution in [-0.2, 0) is 22.4 Å². The minimum Gasteiger partial charge on any atom is -0.496 e. The Morgan fingerprint density at radius 2 is 1.41 bits per heavy atom. The number of rotatable bonds is 8. The van der Waals surface area contributed by atoms with Crippen molar-refractivity contribution in [2.75, 3.05) is 26.1 Å². The monoisotopic (exact) mass is 371 g/mol. The van der Waals surface area contributed by atoms with Crippen LogP contribution in [0.2, 0.25) is 0 Å². The smallest absolute Gasteiger partial charge is 0.346 e. The van der Waals surface area contributed by atoms with E-state index in [1.54, 1.807) is 18.2 Å². The lowest BCUT2D eigenvalue weighted by Gasteiger charge is -2.15. The van der Waals surface area contributed by atoms with Gasteiger partial charge in [0.1, 0.15) is 17.1 Å². The van der Waals surface area contributed by atoms with E-state index < -0.39 is 18.5 Å². The van der Waals surface area contributed by atoms with Crippen LogP contribution in [0.25, 0.3) is 0 Å². The first kappa shape index (κ1) is 20.3. The highest BCUT2D eigenvalue weighted by molar-refractivity contribution is 5.99. The summed E-state index contributed by atoms with van der Waals surface area (Å²) in [4.78, 5) is 24.8. The lowest BCUT2D eigenvalue weighted by atomic mass is 10.0. The third kappa shape index (κ3) is 4.78. The molecule has 0 saturated carbocycles. The lowest BCUT2D eigenvalue weighted by molar-refractivity contribution is -0.119. The van der Waals surface area contributed by atoms with E-state index >= 15 is 0 Å². The lowest BCUT2D eigenvalue weighted by Crippen LogP contribution is -2.22. The zero-order valence-electron chi connectivity index (χ0n) is 16.1. The Kier molecular flexibility index (Phi) is 7.23. The second kappa shape index (κ2) is 9.62. The highest BCUT2D eigenvalue weighted by atomic mass is 16.5. The van der Waals surface area contributed by atoms with Gasteiger partial charge in [-0.25, -0.2) is 4.79 Å². The number of hydrogen-bond acceptors (Lipinski definition) is 5. The summed E-state index contributed by atoms with van der Waals surface area (Å²) in [5, 5.41) is 2.87. The summed E-state index contributed by atoms with van der Waals surface area (Å²) in [7, 11) is 2.90. The van der Waals surface area contributed by atoms with Crippen LogP contribution in [0.4, 0.5) is 5.69 Å². The van der Waals surface area contributed by atoms with Gasteiger partial charge >= 0.3 is 5.97 Å². The topological polar surface area (TPSA) is 73.9 Å². The molecule has 27 heavy (non-hydrogen) atoms. The molecule has 0 spiro atoms. The molecule has 0 saturated heterocycles. The van der Waals surface area contributed by atoms with Crippen molar-refractivity contribution in [3.05, 3.63) is 53.1 Å². The van der Waals surface area contributed by atoms with Crippen molar-refractivity contribution >= 4 is 17.6 Å². The number of amides is 1. The fraction of sp³-hybridized carbons (Fsp3) is 0.333. The van der Waals surface area contributed by atoms with Gasteiger partial charge in [-0.05, 0) is 36.1 Å². The summed E-state index contributed by atoms with van der Waals surface area (Å²) in [6.07, 6.45) is 1.59. The van der Waals surface area contributed by atoms with E-state index in [9.17, 15) is 9.59 Å². The van der Waals surface area contributed by atoms with Gasteiger partial charge < -0.3 is 19.5 Å². The van der Waals surface area contributed by atoms with E-state index in [1.807, 2.05) is 32.0 Å². The summed E-state index contributed by atoms with van der Waals surface area (Å²) in [5.74, 6) is -0.430. The molecule has 0 aromatic heterocycles. The Balaban J connectivity index is 2.10. The molecule has 0 bridgehead atoms. The van der Waals surface area contributed by atoms with Crippen molar-refractivity contribution in [3.63, 3.8) is 0 Å². The number of hydrogen-bond donors (Lipinski definition) is 1. The van der Waals surface area contributed by atoms with E-state index in [0.29, 0.717) is 11.5 Å². The summed E-state index contributed by atoms with van der Waals surface area (Å²) < 4.78 is 15.6. The van der Waals surface area contributed by atoms with E-state index in [1.165, 1.54) is 14.2 Å². The molecule has 0 aliphatic heterocycles. The van der Waals surface area contributed by atoms with Crippen LogP contribution in [0.3, 0.4) is 0 Å². The summed E-state index contributed by atoms with van der Waals surface area (Å²) in [5.41, 5.74) is 3.03. The van der Waals surface area contributed by atoms with Gasteiger partial charge in [-0.15, -0.1) is 0 Å². The van der Waals surface area contributed by atoms with Crippen LogP contribution < -0.4 is 14.8 Å². The number of ether oxygens (including phenoxy) is 3. The van der Waals surface area contributed by atoms with Gasteiger partial charge in [0.15, 0.2) is 6.61 Å². The number of para-hydroxylation sites is 1. The van der Waals surface area contributed by atoms with Crippen molar-refractivity contribution < 1.29 is 23.8 Å². The predicted molar refractivity (Wildman–Crippen MR) is 104 cm³/mol. The number of carbonyl (C=O) groups excluding carboxylic acids is 2. The van der Waals surface area contributed by atoms with Crippen LogP contribution >= 0.6 is 0 Å². The SMILES string of the molecule is CCc1cccc(CC)c1NC(=O)COC(=O)c1c(OC)cccc1OC. The van der Waals surface area contributed by atoms with Crippen LogP contribution in [0, 0.1) is 0 Å². The summed E-state index contributed by atoms with van der Waals surface area (Å²) >= 11 is 0. The van der Waals surface area contributed by atoms with Crippen molar-refractivity contribution in [1.82, 2.24) is 0 Å². The summed E-state index contributed by atoms with van der Waals surface area (Å²) in [6, 6.07) is 10.9. The van der Waals surface area contributed by atoms with Gasteiger partial charge in [0.25, 0.3) is 5.91 Å². The molecule has 2 rings (SSSR count). The van der Waals surface area contributed by atoms with Crippen molar-refractivity contribution in [1.29, 1.82) is 0 Å². The van der Waals surface area contributed by atoms with Crippen LogP contribution in [0.5, 0.6) is 11.5 Å². The molecule has 1 amide bonds. The fourth-order valence-electron chi connectivity index (χ4n) is 2.83. The molecule has 0 fully saturated rings. The molecule has 144 valence electrons. The van der Waals surface area contributed by atoms with Gasteiger partial charge in [-0.1, -0.05) is 38.1 Å². The zero-order valence-corrected chi connectivity index (χ0v) is 16.1. The van der Waals surface area contributed by atoms with Gasteiger partial charge in [0.2, 0.25) is 0 Å². The second-order valence-electron chi connectivity index (χ2n) is 5.82. The van der Waals surface area contributed by atoms with Gasteiger partial charge in [-0.2, -0.15) is 0 Å². The largest absolute Gasteiger partial charge is 0.496 e. The average Bonchev–Trinajstić information content (AvgIpc) is 2.71. The molecule has 0 atom stereocenters. The highest BCUT2D eigenvalue weighted by Crippen LogP contribution is 2.29. The normalized spacial score (nSPS) is 10.2. The van der Waals surface area contributed by atoms with Gasteiger partial charge in [0, 0.05) is 5.69 Å². The molecule has 6 nitrogen and oxygen atoms in total. The van der Waals surface area contributed by atoms with E-state index in [-0.39, 0.29) is 5.56 Å². The molecule has 0 heterocycles. The standard InChI is InChI=1S/C21H25NO5/c1-5-14-9-7-10-15(6-2)20(14)22-18(23)13-27-21(24)19-16(25-3)11-8-12-17(19)26-4/h7-12H,5-6,13H2,1-4H3,(H,22,23). The molecule has 0 aliphatic carbocycles. The molecular formula is C21H25NO5. The molecule has 0 unspecified atom stereocenters. The number of anilines is 1. The van der Waals surface area contributed by atoms with Crippen molar-refractivity contribution in [3.8, 4) is 11.5 Å². The predicted octanol–water partition coefficient (Wildman–Crippen LogP) is 3.62. The minimum absolute atomic E-state index is 0.151. The van der Waals surface area contributed by atoms with E-state index in [2.05, 4.69) is 5.32 Å². The highest BCUT2D eigenvalue weighted by Gasteiger charge is 2.21. The molecule has 6 heteroatoms. The van der Waals surface area contributed by atoms with Crippen LogP contribution in [-0.4, -0.2) is 32.7 Å². The van der Waals surface area contributed by atoms with Crippen LogP contribution in [0.1, 0.15) is 35.3 Å². The van der Waals surface area contributed by atoms with Gasteiger partial charge in [0.05, 0.1) is 14.2 Å². The minimum atomic E-state index is -0.682. The second-order valence-corrected chi connectivity index (χ2v) is 5.82. The van der Waals surface area contributed by atoms with Gasteiger partial charge in [-0.3, -0.25) is 4.79 Å². The summed E-state index contributed by atoms with van der Waals surface area (Å²) in [6.45, 7) is 3.65. The Hall–Kier alpha value is -3.02. The molecular weight excluding hydrogens is 346 g/mol. The Morgan fingerprint density at radius 3 is 1.89 bits per heavy atom. The maximum Gasteiger partial charge on any atom is 0.346 e. The molecule has 0 aliphatic rings. The van der Waals surface area contributed by atoms with Crippen molar-refractivity contribution in [2.24, 2.45) is 0 Å². The first-order valence-corrected chi connectivity index (χ1v) is 8.84. The number of methoxy groups -OCH3 is 2. The number of esters is 1. The van der Waals surface area contributed by atoms with Crippen LogP contribution in [0.15, 0.2) is 36.4 Å². The van der Waals surface area contributed by atoms with Crippen molar-refractivity contribution in [2.45, 2.75) is 26.7 Å². The molecule has 2 aromatic rings. The molecule has 0 radical (unpaired) electrons. The molecule has 2 aromatic carbocycles. The first-order valence-electron chi connectivity index (χ1n) is 8.84. The maximum absolute atomic E-state index is 12.4. The van der Waals surface area contributed by atoms with E-state index in [4.69, 9.17) is 14.2 Å². The number of carbonyl (C=O) groups is 2. The Labute approximate surface area is 159 Å². The third-order valence-corrected chi connectivity index (χ3v) is 4.23. The number of aryl methyl sites for hydroxylation is 2. The first-order chi connectivity index (χ1) is 13.0.